The summed E-state index contributed by atoms with van der Waals surface area (Å²) in [5.74, 6) is 0.208. The maximum atomic E-state index is 12.8. The fourth-order valence-corrected chi connectivity index (χ4v) is 4.30. The molecule has 1 N–H and O–H groups in total. The van der Waals surface area contributed by atoms with Gasteiger partial charge in [0.25, 0.3) is 5.56 Å². The second kappa shape index (κ2) is 6.08. The zero-order valence-corrected chi connectivity index (χ0v) is 15.2. The lowest BCUT2D eigenvalue weighted by molar-refractivity contribution is 0.216. The van der Waals surface area contributed by atoms with Crippen LogP contribution in [-0.2, 0) is 20.1 Å². The predicted molar refractivity (Wildman–Crippen MR) is 94.7 cm³/mol. The lowest BCUT2D eigenvalue weighted by Crippen LogP contribution is -2.39. The Morgan fingerprint density at radius 3 is 2.54 bits per heavy atom. The van der Waals surface area contributed by atoms with Crippen LogP contribution in [0.15, 0.2) is 9.59 Å². The summed E-state index contributed by atoms with van der Waals surface area (Å²) in [7, 11) is 1.70. The molecule has 0 unspecified atom stereocenters. The van der Waals surface area contributed by atoms with Crippen molar-refractivity contribution >= 4 is 27.6 Å². The van der Waals surface area contributed by atoms with Crippen LogP contribution in [0.3, 0.4) is 0 Å². The van der Waals surface area contributed by atoms with Gasteiger partial charge >= 0.3 is 11.7 Å². The summed E-state index contributed by atoms with van der Waals surface area (Å²) in [5, 5.41) is 3.37. The van der Waals surface area contributed by atoms with Gasteiger partial charge in [0.15, 0.2) is 0 Å². The minimum absolute atomic E-state index is 0.0852. The lowest BCUT2D eigenvalue weighted by Gasteiger charge is -2.12. The van der Waals surface area contributed by atoms with Gasteiger partial charge in [-0.1, -0.05) is 13.8 Å². The molecule has 0 atom stereocenters. The fourth-order valence-electron chi connectivity index (χ4n) is 3.03. The van der Waals surface area contributed by atoms with E-state index in [9.17, 15) is 14.4 Å². The monoisotopic (exact) mass is 350 g/mol. The molecule has 0 bridgehead atoms. The highest BCUT2D eigenvalue weighted by atomic mass is 32.1. The van der Waals surface area contributed by atoms with E-state index in [0.717, 1.165) is 10.4 Å². The minimum atomic E-state index is -0.284. The third-order valence-corrected chi connectivity index (χ3v) is 5.69. The molecule has 2 aromatic rings. The van der Waals surface area contributed by atoms with E-state index in [0.29, 0.717) is 36.4 Å². The maximum Gasteiger partial charge on any atom is 0.331 e. The first-order chi connectivity index (χ1) is 11.3. The molecule has 7 nitrogen and oxygen atoms in total. The van der Waals surface area contributed by atoms with Gasteiger partial charge in [-0.25, -0.2) is 9.59 Å². The van der Waals surface area contributed by atoms with Gasteiger partial charge in [0.05, 0.1) is 11.9 Å². The molecule has 8 heteroatoms. The number of fused-ring (bicyclic) bond motifs is 1. The summed E-state index contributed by atoms with van der Waals surface area (Å²) >= 11 is 1.42. The largest absolute Gasteiger partial charge is 0.336 e. The van der Waals surface area contributed by atoms with Crippen LogP contribution >= 0.6 is 11.3 Å². The molecule has 0 aromatic carbocycles. The van der Waals surface area contributed by atoms with Crippen molar-refractivity contribution in [1.82, 2.24) is 19.4 Å². The summed E-state index contributed by atoms with van der Waals surface area (Å²) < 4.78 is 2.86. The number of rotatable bonds is 4. The van der Waals surface area contributed by atoms with Gasteiger partial charge in [-0.15, -0.1) is 11.3 Å². The molecule has 2 aromatic heterocycles. The Labute approximate surface area is 143 Å². The number of amides is 2. The average molecular weight is 350 g/mol. The van der Waals surface area contributed by atoms with Crippen LogP contribution in [-0.4, -0.2) is 33.2 Å². The van der Waals surface area contributed by atoms with Crippen molar-refractivity contribution in [3.8, 4) is 0 Å². The molecule has 1 saturated heterocycles. The Kier molecular flexibility index (Phi) is 4.25. The van der Waals surface area contributed by atoms with Crippen LogP contribution in [0.5, 0.6) is 0 Å². The molecule has 0 radical (unpaired) electrons. The third kappa shape index (κ3) is 2.64. The molecule has 24 heavy (non-hydrogen) atoms. The average Bonchev–Trinajstić information content (AvgIpc) is 3.06. The summed E-state index contributed by atoms with van der Waals surface area (Å²) in [6, 6.07) is -0.0852. The van der Waals surface area contributed by atoms with Crippen LogP contribution in [0.4, 0.5) is 4.79 Å². The van der Waals surface area contributed by atoms with E-state index in [1.165, 1.54) is 15.9 Å². The molecule has 2 amide bonds. The Balaban J connectivity index is 2.15. The van der Waals surface area contributed by atoms with Crippen LogP contribution in [0.2, 0.25) is 0 Å². The Morgan fingerprint density at radius 1 is 1.25 bits per heavy atom. The first-order valence-corrected chi connectivity index (χ1v) is 8.87. The SMILES string of the molecule is Cc1c(CN2CCNC2=O)sc2c1c(=O)n(CC(C)C)c(=O)n2C. The van der Waals surface area contributed by atoms with E-state index < -0.39 is 0 Å². The molecular weight excluding hydrogens is 328 g/mol. The summed E-state index contributed by atoms with van der Waals surface area (Å²) in [6.07, 6.45) is 0. The Hall–Kier alpha value is -2.09. The van der Waals surface area contributed by atoms with E-state index in [1.807, 2.05) is 20.8 Å². The number of hydrogen-bond donors (Lipinski definition) is 1. The normalized spacial score (nSPS) is 14.9. The summed E-state index contributed by atoms with van der Waals surface area (Å²) in [5.41, 5.74) is 0.355. The molecule has 130 valence electrons. The zero-order valence-electron chi connectivity index (χ0n) is 14.4. The van der Waals surface area contributed by atoms with Crippen molar-refractivity contribution in [3.05, 3.63) is 31.3 Å². The van der Waals surface area contributed by atoms with Gasteiger partial charge in [0.1, 0.15) is 4.83 Å². The van der Waals surface area contributed by atoms with Crippen molar-refractivity contribution in [2.24, 2.45) is 13.0 Å². The predicted octanol–water partition coefficient (Wildman–Crippen LogP) is 1.25. The van der Waals surface area contributed by atoms with Crippen LogP contribution in [0.25, 0.3) is 10.2 Å². The highest BCUT2D eigenvalue weighted by Crippen LogP contribution is 2.28. The number of carbonyl (C=O) groups excluding carboxylic acids is 1. The van der Waals surface area contributed by atoms with E-state index in [4.69, 9.17) is 0 Å². The number of hydrogen-bond acceptors (Lipinski definition) is 4. The second-order valence-corrected chi connectivity index (χ2v) is 7.72. The van der Waals surface area contributed by atoms with E-state index >= 15 is 0 Å². The first kappa shape index (κ1) is 16.8. The molecule has 0 saturated carbocycles. The molecule has 1 aliphatic rings. The number of thiophene rings is 1. The van der Waals surface area contributed by atoms with E-state index in [1.54, 1.807) is 16.5 Å². The van der Waals surface area contributed by atoms with E-state index in [2.05, 4.69) is 5.32 Å². The van der Waals surface area contributed by atoms with Crippen LogP contribution in [0, 0.1) is 12.8 Å². The number of carbonyl (C=O) groups is 1. The number of aryl methyl sites for hydroxylation is 2. The number of nitrogens with one attached hydrogen (secondary N) is 1. The highest BCUT2D eigenvalue weighted by molar-refractivity contribution is 7.18. The molecule has 3 heterocycles. The van der Waals surface area contributed by atoms with Crippen LogP contribution < -0.4 is 16.6 Å². The quantitative estimate of drug-likeness (QED) is 0.902. The summed E-state index contributed by atoms with van der Waals surface area (Å²) in [6.45, 7) is 8.02. The smallest absolute Gasteiger partial charge is 0.331 e. The molecule has 0 aliphatic carbocycles. The standard InChI is InChI=1S/C16H22N4O3S/c1-9(2)7-20-13(21)12-10(3)11(8-19-6-5-17-15(19)22)24-14(12)18(4)16(20)23/h9H,5-8H2,1-4H3,(H,17,22). The van der Waals surface area contributed by atoms with Gasteiger partial charge < -0.3 is 10.2 Å². The van der Waals surface area contributed by atoms with Crippen molar-refractivity contribution in [2.45, 2.75) is 33.9 Å². The molecule has 0 spiro atoms. The van der Waals surface area contributed by atoms with Crippen LogP contribution in [0.1, 0.15) is 24.3 Å². The van der Waals surface area contributed by atoms with Crippen molar-refractivity contribution < 1.29 is 4.79 Å². The van der Waals surface area contributed by atoms with Gasteiger partial charge in [-0.3, -0.25) is 13.9 Å². The topological polar surface area (TPSA) is 76.3 Å². The third-order valence-electron chi connectivity index (χ3n) is 4.34. The van der Waals surface area contributed by atoms with Gasteiger partial charge in [0, 0.05) is 31.6 Å². The number of nitrogens with zero attached hydrogens (tertiary/aromatic N) is 3. The molecule has 1 fully saturated rings. The summed E-state index contributed by atoms with van der Waals surface area (Å²) in [4.78, 5) is 40.5. The van der Waals surface area contributed by atoms with Crippen molar-refractivity contribution in [3.63, 3.8) is 0 Å². The second-order valence-electron chi connectivity index (χ2n) is 6.64. The maximum absolute atomic E-state index is 12.8. The van der Waals surface area contributed by atoms with Gasteiger partial charge in [0.2, 0.25) is 0 Å². The lowest BCUT2D eigenvalue weighted by atomic mass is 10.2. The molecular formula is C16H22N4O3S. The molecule has 3 rings (SSSR count). The molecule has 1 aliphatic heterocycles. The Bertz CT molecular complexity index is 922. The minimum Gasteiger partial charge on any atom is -0.336 e. The Morgan fingerprint density at radius 2 is 1.96 bits per heavy atom. The fraction of sp³-hybridized carbons (Fsp3) is 0.562. The van der Waals surface area contributed by atoms with Crippen molar-refractivity contribution in [2.75, 3.05) is 13.1 Å². The van der Waals surface area contributed by atoms with E-state index in [-0.39, 0.29) is 23.2 Å². The number of aromatic nitrogens is 2. The highest BCUT2D eigenvalue weighted by Gasteiger charge is 2.24. The van der Waals surface area contributed by atoms with Gasteiger partial charge in [-0.2, -0.15) is 0 Å². The first-order valence-electron chi connectivity index (χ1n) is 8.05. The van der Waals surface area contributed by atoms with Gasteiger partial charge in [-0.05, 0) is 18.4 Å². The van der Waals surface area contributed by atoms with Crippen molar-refractivity contribution in [1.29, 1.82) is 0 Å². The zero-order chi connectivity index (χ0) is 17.6. The number of urea groups is 1.